The zero-order chi connectivity index (χ0) is 21.7. The predicted molar refractivity (Wildman–Crippen MR) is 119 cm³/mol. The smallest absolute Gasteiger partial charge is 0.155 e. The Labute approximate surface area is 183 Å². The molecule has 0 aromatic heterocycles. The second-order valence-corrected chi connectivity index (χ2v) is 11.6. The van der Waals surface area contributed by atoms with Crippen molar-refractivity contribution in [1.82, 2.24) is 0 Å². The fourth-order valence-electron chi connectivity index (χ4n) is 8.84. The van der Waals surface area contributed by atoms with E-state index < -0.39 is 0 Å². The topological polar surface area (TPSA) is 61.1 Å². The highest BCUT2D eigenvalue weighted by molar-refractivity contribution is 5.91. The van der Waals surface area contributed by atoms with Crippen LogP contribution in [0.2, 0.25) is 0 Å². The Bertz CT molecular complexity index is 750. The molecule has 3 heteroatoms. The molecule has 9 atom stereocenters. The van der Waals surface area contributed by atoms with Crippen molar-refractivity contribution in [3.8, 4) is 6.07 Å². The lowest BCUT2D eigenvalue weighted by Crippen LogP contribution is -2.58. The second-order valence-electron chi connectivity index (χ2n) is 11.6. The number of nitriles is 1. The number of hydrogen-bond donors (Lipinski definition) is 1. The Balaban J connectivity index is 1.69. The number of carbonyl (C=O) groups excluding carboxylic acids is 1. The number of carbonyl (C=O) groups is 1. The van der Waals surface area contributed by atoms with Crippen LogP contribution in [0.25, 0.3) is 0 Å². The van der Waals surface area contributed by atoms with Crippen molar-refractivity contribution in [2.24, 2.45) is 46.3 Å². The van der Waals surface area contributed by atoms with Crippen LogP contribution in [0.3, 0.4) is 0 Å². The summed E-state index contributed by atoms with van der Waals surface area (Å²) in [6, 6.07) is 2.34. The van der Waals surface area contributed by atoms with E-state index in [2.05, 4.69) is 33.8 Å². The molecule has 166 valence electrons. The Kier molecular flexibility index (Phi) is 5.95. The van der Waals surface area contributed by atoms with Crippen LogP contribution in [-0.2, 0) is 4.79 Å². The van der Waals surface area contributed by atoms with E-state index in [-0.39, 0.29) is 28.6 Å². The lowest BCUT2D eigenvalue weighted by molar-refractivity contribution is -0.137. The van der Waals surface area contributed by atoms with E-state index in [1.807, 2.05) is 6.08 Å². The van der Waals surface area contributed by atoms with Crippen molar-refractivity contribution >= 4 is 5.78 Å². The van der Waals surface area contributed by atoms with Gasteiger partial charge in [-0.3, -0.25) is 4.79 Å². The molecule has 0 aromatic carbocycles. The molecule has 0 bridgehead atoms. The third-order valence-corrected chi connectivity index (χ3v) is 10.3. The first kappa shape index (κ1) is 22.1. The minimum absolute atomic E-state index is 0.0868. The molecular weight excluding hydrogens is 370 g/mol. The number of fused-ring (bicyclic) bond motifs is 5. The van der Waals surface area contributed by atoms with Crippen molar-refractivity contribution in [2.45, 2.75) is 98.0 Å². The molecule has 4 aliphatic rings. The fraction of sp³-hybridized carbons (Fsp3) is 0.852. The maximum atomic E-state index is 12.3. The van der Waals surface area contributed by atoms with Crippen LogP contribution in [0.15, 0.2) is 11.6 Å². The van der Waals surface area contributed by atoms with E-state index in [0.29, 0.717) is 42.4 Å². The highest BCUT2D eigenvalue weighted by atomic mass is 16.3. The lowest BCUT2D eigenvalue weighted by atomic mass is 9.43. The summed E-state index contributed by atoms with van der Waals surface area (Å²) in [5, 5.41) is 20.8. The first-order chi connectivity index (χ1) is 14.3. The molecule has 0 heterocycles. The van der Waals surface area contributed by atoms with Crippen LogP contribution in [0.4, 0.5) is 0 Å². The molecule has 4 unspecified atom stereocenters. The number of hydrogen-bond acceptors (Lipinski definition) is 3. The van der Waals surface area contributed by atoms with Gasteiger partial charge in [-0.25, -0.2) is 0 Å². The summed E-state index contributed by atoms with van der Waals surface area (Å²) >= 11 is 0. The number of aliphatic hydroxyl groups excluding tert-OH is 1. The predicted octanol–water partition coefficient (Wildman–Crippen LogP) is 6.07. The molecule has 0 spiro atoms. The van der Waals surface area contributed by atoms with Crippen LogP contribution in [0, 0.1) is 57.7 Å². The van der Waals surface area contributed by atoms with Crippen LogP contribution >= 0.6 is 0 Å². The van der Waals surface area contributed by atoms with Gasteiger partial charge >= 0.3 is 0 Å². The number of aliphatic hydroxyl groups is 1. The van der Waals surface area contributed by atoms with Crippen molar-refractivity contribution in [2.75, 3.05) is 0 Å². The molecule has 30 heavy (non-hydrogen) atoms. The van der Waals surface area contributed by atoms with Crippen LogP contribution in [0.5, 0.6) is 0 Å². The van der Waals surface area contributed by atoms with Gasteiger partial charge in [0, 0.05) is 18.8 Å². The zero-order valence-corrected chi connectivity index (χ0v) is 19.5. The maximum Gasteiger partial charge on any atom is 0.155 e. The molecule has 0 aromatic rings. The average Bonchev–Trinajstić information content (AvgIpc) is 3.07. The number of ketones is 1. The summed E-state index contributed by atoms with van der Waals surface area (Å²) in [6.07, 6.45) is 11.9. The second kappa shape index (κ2) is 8.09. The normalized spacial score (nSPS) is 46.3. The Morgan fingerprint density at radius 1 is 1.23 bits per heavy atom. The maximum absolute atomic E-state index is 12.3. The molecule has 4 rings (SSSR count). The van der Waals surface area contributed by atoms with Gasteiger partial charge in [-0.15, -0.1) is 0 Å². The van der Waals surface area contributed by atoms with Gasteiger partial charge in [0.2, 0.25) is 0 Å². The highest BCUT2D eigenvalue weighted by Gasteiger charge is 2.63. The summed E-state index contributed by atoms with van der Waals surface area (Å²) in [6.45, 7) is 9.48. The standard InChI is InChI=1S/C27H41NO2/c1-5-7-19-23-16-18(29)11-13-27(23,4)22-12-14-26(3)20(17(2)8-6-15-28)9-10-21(26)24(22)25(19)30/h16-17,19-22,24-25,30H,5-14H2,1-4H3/t17-,19+,20?,21?,22?,24?,25-,26-,27-/m1/s1. The molecule has 0 amide bonds. The molecule has 3 nitrogen and oxygen atoms in total. The summed E-state index contributed by atoms with van der Waals surface area (Å²) in [5.41, 5.74) is 1.66. The SMILES string of the molecule is CCC[C@H]1C2=CC(=O)CC[C@]2(C)C2CC[C@@]3(C)C(CCC3[C@H](C)CCC#N)C2[C@@H]1O. The van der Waals surface area contributed by atoms with Gasteiger partial charge in [0.15, 0.2) is 5.78 Å². The molecule has 0 radical (unpaired) electrons. The largest absolute Gasteiger partial charge is 0.392 e. The van der Waals surface area contributed by atoms with Crippen molar-refractivity contribution in [1.29, 1.82) is 5.26 Å². The summed E-state index contributed by atoms with van der Waals surface area (Å²) in [5.74, 6) is 3.13. The van der Waals surface area contributed by atoms with Gasteiger partial charge in [-0.2, -0.15) is 5.26 Å². The molecule has 0 saturated heterocycles. The molecule has 0 aliphatic heterocycles. The van der Waals surface area contributed by atoms with Gasteiger partial charge in [-0.05, 0) is 91.4 Å². The summed E-state index contributed by atoms with van der Waals surface area (Å²) in [4.78, 5) is 12.3. The Morgan fingerprint density at radius 2 is 2.00 bits per heavy atom. The van der Waals surface area contributed by atoms with E-state index >= 15 is 0 Å². The Morgan fingerprint density at radius 3 is 2.70 bits per heavy atom. The fourth-order valence-corrected chi connectivity index (χ4v) is 8.84. The van der Waals surface area contributed by atoms with E-state index in [1.165, 1.54) is 31.3 Å². The molecular formula is C27H41NO2. The average molecular weight is 412 g/mol. The van der Waals surface area contributed by atoms with Crippen molar-refractivity contribution in [3.05, 3.63) is 11.6 Å². The summed E-state index contributed by atoms with van der Waals surface area (Å²) < 4.78 is 0. The van der Waals surface area contributed by atoms with Crippen molar-refractivity contribution in [3.63, 3.8) is 0 Å². The molecule has 4 aliphatic carbocycles. The Hall–Kier alpha value is -1.14. The van der Waals surface area contributed by atoms with Crippen LogP contribution in [-0.4, -0.2) is 17.0 Å². The third kappa shape index (κ3) is 3.21. The van der Waals surface area contributed by atoms with E-state index in [4.69, 9.17) is 5.26 Å². The highest BCUT2D eigenvalue weighted by Crippen LogP contribution is 2.68. The van der Waals surface area contributed by atoms with E-state index in [0.717, 1.165) is 25.7 Å². The first-order valence-electron chi connectivity index (χ1n) is 12.6. The van der Waals surface area contributed by atoms with Gasteiger partial charge in [0.25, 0.3) is 0 Å². The first-order valence-corrected chi connectivity index (χ1v) is 12.6. The monoisotopic (exact) mass is 411 g/mol. The van der Waals surface area contributed by atoms with Crippen LogP contribution in [0.1, 0.15) is 91.9 Å². The molecule has 1 N–H and O–H groups in total. The summed E-state index contributed by atoms with van der Waals surface area (Å²) in [7, 11) is 0. The quantitative estimate of drug-likeness (QED) is 0.597. The minimum atomic E-state index is -0.307. The zero-order valence-electron chi connectivity index (χ0n) is 19.5. The lowest BCUT2D eigenvalue weighted by Gasteiger charge is -2.62. The van der Waals surface area contributed by atoms with Gasteiger partial charge in [-0.1, -0.05) is 39.7 Å². The number of nitrogens with zero attached hydrogens (tertiary/aromatic N) is 1. The van der Waals surface area contributed by atoms with Crippen LogP contribution < -0.4 is 0 Å². The number of rotatable bonds is 5. The van der Waals surface area contributed by atoms with E-state index in [9.17, 15) is 9.90 Å². The molecule has 3 fully saturated rings. The van der Waals surface area contributed by atoms with Gasteiger partial charge < -0.3 is 5.11 Å². The van der Waals surface area contributed by atoms with E-state index in [1.54, 1.807) is 0 Å². The minimum Gasteiger partial charge on any atom is -0.392 e. The van der Waals surface area contributed by atoms with Gasteiger partial charge in [0.05, 0.1) is 12.2 Å². The molecule has 3 saturated carbocycles. The van der Waals surface area contributed by atoms with Crippen molar-refractivity contribution < 1.29 is 9.90 Å². The third-order valence-electron chi connectivity index (χ3n) is 10.3. The van der Waals surface area contributed by atoms with Gasteiger partial charge in [0.1, 0.15) is 0 Å².